The lowest BCUT2D eigenvalue weighted by Gasteiger charge is -2.29. The Morgan fingerprint density at radius 2 is 2.16 bits per heavy atom. The van der Waals surface area contributed by atoms with Crippen molar-refractivity contribution in [1.82, 2.24) is 5.01 Å². The minimum Gasteiger partial charge on any atom is -0.364 e. The Hall–Kier alpha value is -2.15. The molecule has 0 radical (unpaired) electrons. The van der Waals surface area contributed by atoms with Crippen LogP contribution < -0.4 is 5.84 Å². The lowest BCUT2D eigenvalue weighted by atomic mass is 10.1. The number of hydrazine groups is 1. The first-order valence-corrected chi connectivity index (χ1v) is 6.18. The third kappa shape index (κ3) is 1.82. The van der Waals surface area contributed by atoms with Crippen molar-refractivity contribution >= 4 is 11.5 Å². The SMILES string of the molecule is NN1C(c2cccc([N+](=O)[O-])c2)=NOC12CCCC2. The van der Waals surface area contributed by atoms with E-state index < -0.39 is 10.6 Å². The van der Waals surface area contributed by atoms with Gasteiger partial charge in [0.05, 0.1) is 4.92 Å². The van der Waals surface area contributed by atoms with Gasteiger partial charge >= 0.3 is 0 Å². The fourth-order valence-corrected chi connectivity index (χ4v) is 2.62. The van der Waals surface area contributed by atoms with Crippen LogP contribution in [-0.4, -0.2) is 21.5 Å². The Balaban J connectivity index is 1.91. The quantitative estimate of drug-likeness (QED) is 0.497. The van der Waals surface area contributed by atoms with Gasteiger partial charge in [0.25, 0.3) is 5.69 Å². The second-order valence-electron chi connectivity index (χ2n) is 4.84. The summed E-state index contributed by atoms with van der Waals surface area (Å²) >= 11 is 0. The lowest BCUT2D eigenvalue weighted by Crippen LogP contribution is -2.51. The molecule has 0 unspecified atom stereocenters. The Morgan fingerprint density at radius 3 is 2.84 bits per heavy atom. The van der Waals surface area contributed by atoms with Crippen molar-refractivity contribution in [2.75, 3.05) is 0 Å². The molecule has 1 aromatic carbocycles. The van der Waals surface area contributed by atoms with Crippen LogP contribution in [0.5, 0.6) is 0 Å². The van der Waals surface area contributed by atoms with Crippen LogP contribution in [0.3, 0.4) is 0 Å². The van der Waals surface area contributed by atoms with Gasteiger partial charge in [-0.15, -0.1) is 0 Å². The maximum Gasteiger partial charge on any atom is 0.270 e. The monoisotopic (exact) mass is 262 g/mol. The number of benzene rings is 1. The molecule has 1 saturated carbocycles. The van der Waals surface area contributed by atoms with E-state index in [1.54, 1.807) is 12.1 Å². The van der Waals surface area contributed by atoms with Crippen LogP contribution in [-0.2, 0) is 4.84 Å². The van der Waals surface area contributed by atoms with E-state index in [9.17, 15) is 10.1 Å². The van der Waals surface area contributed by atoms with Crippen LogP contribution in [0, 0.1) is 10.1 Å². The number of non-ortho nitro benzene ring substituents is 1. The molecule has 1 heterocycles. The molecule has 0 amide bonds. The summed E-state index contributed by atoms with van der Waals surface area (Å²) in [6.45, 7) is 0. The first-order chi connectivity index (χ1) is 9.12. The van der Waals surface area contributed by atoms with Crippen molar-refractivity contribution in [2.24, 2.45) is 11.0 Å². The third-order valence-corrected chi connectivity index (χ3v) is 3.67. The van der Waals surface area contributed by atoms with Crippen LogP contribution >= 0.6 is 0 Å². The highest BCUT2D eigenvalue weighted by Crippen LogP contribution is 2.39. The van der Waals surface area contributed by atoms with Crippen LogP contribution in [0.15, 0.2) is 29.4 Å². The Morgan fingerprint density at radius 1 is 1.42 bits per heavy atom. The van der Waals surface area contributed by atoms with Crippen LogP contribution in [0.2, 0.25) is 0 Å². The third-order valence-electron chi connectivity index (χ3n) is 3.67. The van der Waals surface area contributed by atoms with Crippen LogP contribution in [0.1, 0.15) is 31.2 Å². The maximum atomic E-state index is 10.8. The summed E-state index contributed by atoms with van der Waals surface area (Å²) in [5.74, 6) is 6.53. The number of amidine groups is 1. The van der Waals surface area contributed by atoms with Crippen LogP contribution in [0.25, 0.3) is 0 Å². The number of nitrogens with zero attached hydrogens (tertiary/aromatic N) is 3. The minimum absolute atomic E-state index is 0.0148. The number of nitrogens with two attached hydrogens (primary N) is 1. The van der Waals surface area contributed by atoms with Crippen molar-refractivity contribution in [3.8, 4) is 0 Å². The van der Waals surface area contributed by atoms with E-state index in [0.29, 0.717) is 11.4 Å². The van der Waals surface area contributed by atoms with E-state index in [0.717, 1.165) is 25.7 Å². The summed E-state index contributed by atoms with van der Waals surface area (Å²) in [6, 6.07) is 6.24. The van der Waals surface area contributed by atoms with Crippen molar-refractivity contribution < 1.29 is 9.76 Å². The largest absolute Gasteiger partial charge is 0.364 e. The van der Waals surface area contributed by atoms with Gasteiger partial charge in [-0.3, -0.25) is 10.1 Å². The second kappa shape index (κ2) is 4.20. The molecule has 7 heteroatoms. The van der Waals surface area contributed by atoms with Gasteiger partial charge in [-0.25, -0.2) is 10.9 Å². The Labute approximate surface area is 109 Å². The second-order valence-corrected chi connectivity index (χ2v) is 4.84. The van der Waals surface area contributed by atoms with Crippen LogP contribution in [0.4, 0.5) is 5.69 Å². The van der Waals surface area contributed by atoms with Crippen molar-refractivity contribution in [3.63, 3.8) is 0 Å². The lowest BCUT2D eigenvalue weighted by molar-refractivity contribution is -0.384. The molecule has 1 spiro atoms. The van der Waals surface area contributed by atoms with Crippen molar-refractivity contribution in [2.45, 2.75) is 31.4 Å². The van der Waals surface area contributed by atoms with Gasteiger partial charge in [0, 0.05) is 30.5 Å². The fourth-order valence-electron chi connectivity index (χ4n) is 2.62. The van der Waals surface area contributed by atoms with Gasteiger partial charge in [-0.05, 0) is 12.8 Å². The molecule has 7 nitrogen and oxygen atoms in total. The summed E-state index contributed by atoms with van der Waals surface area (Å²) in [7, 11) is 0. The molecule has 0 atom stereocenters. The highest BCUT2D eigenvalue weighted by molar-refractivity contribution is 5.99. The number of hydrogen-bond donors (Lipinski definition) is 1. The number of hydrogen-bond acceptors (Lipinski definition) is 6. The summed E-state index contributed by atoms with van der Waals surface area (Å²) in [5, 5.41) is 16.3. The molecule has 2 aliphatic rings. The van der Waals surface area contributed by atoms with Gasteiger partial charge in [-0.1, -0.05) is 17.3 Å². The zero-order valence-electron chi connectivity index (χ0n) is 10.3. The van der Waals surface area contributed by atoms with Gasteiger partial charge in [-0.2, -0.15) is 0 Å². The van der Waals surface area contributed by atoms with Gasteiger partial charge in [0.1, 0.15) is 0 Å². The molecular formula is C12H14N4O3. The maximum absolute atomic E-state index is 10.8. The fraction of sp³-hybridized carbons (Fsp3) is 0.417. The predicted molar refractivity (Wildman–Crippen MR) is 67.9 cm³/mol. The summed E-state index contributed by atoms with van der Waals surface area (Å²) in [4.78, 5) is 15.9. The van der Waals surface area contributed by atoms with E-state index in [1.807, 2.05) is 0 Å². The van der Waals surface area contributed by atoms with E-state index in [2.05, 4.69) is 5.16 Å². The molecule has 0 aromatic heterocycles. The molecular weight excluding hydrogens is 248 g/mol. The zero-order valence-corrected chi connectivity index (χ0v) is 10.3. The average molecular weight is 262 g/mol. The molecule has 1 fully saturated rings. The molecule has 0 bridgehead atoms. The number of nitro groups is 1. The normalized spacial score (nSPS) is 20.5. The Bertz CT molecular complexity index is 552. The minimum atomic E-state index is -0.556. The molecule has 100 valence electrons. The Kier molecular flexibility index (Phi) is 2.63. The summed E-state index contributed by atoms with van der Waals surface area (Å²) in [5.41, 5.74) is 0.0569. The number of nitro benzene ring substituents is 1. The molecule has 1 aromatic rings. The first-order valence-electron chi connectivity index (χ1n) is 6.18. The topological polar surface area (TPSA) is 94.0 Å². The smallest absolute Gasteiger partial charge is 0.270 e. The molecule has 0 saturated heterocycles. The summed E-state index contributed by atoms with van der Waals surface area (Å²) < 4.78 is 0. The molecule has 3 rings (SSSR count). The number of rotatable bonds is 2. The molecule has 1 aliphatic heterocycles. The predicted octanol–water partition coefficient (Wildman–Crippen LogP) is 1.73. The van der Waals surface area contributed by atoms with E-state index in [1.165, 1.54) is 17.1 Å². The van der Waals surface area contributed by atoms with Gasteiger partial charge < -0.3 is 4.84 Å². The van der Waals surface area contributed by atoms with Gasteiger partial charge in [0.15, 0.2) is 5.84 Å². The van der Waals surface area contributed by atoms with E-state index in [-0.39, 0.29) is 5.69 Å². The van der Waals surface area contributed by atoms with Crippen molar-refractivity contribution in [3.05, 3.63) is 39.9 Å². The molecule has 2 N–H and O–H groups in total. The van der Waals surface area contributed by atoms with E-state index in [4.69, 9.17) is 10.7 Å². The molecule has 1 aliphatic carbocycles. The standard InChI is InChI=1S/C12H14N4O3/c13-15-11(14-19-12(15)6-1-2-7-12)9-4-3-5-10(8-9)16(17)18/h3-5,8H,1-2,6-7,13H2. The summed E-state index contributed by atoms with van der Waals surface area (Å²) in [6.07, 6.45) is 3.74. The molecule has 19 heavy (non-hydrogen) atoms. The highest BCUT2D eigenvalue weighted by atomic mass is 16.7. The van der Waals surface area contributed by atoms with Gasteiger partial charge in [0.2, 0.25) is 5.72 Å². The first kappa shape index (κ1) is 11.9. The highest BCUT2D eigenvalue weighted by Gasteiger charge is 2.47. The average Bonchev–Trinajstić information content (AvgIpc) is 3.00. The number of oxime groups is 1. The zero-order chi connectivity index (χ0) is 13.5. The van der Waals surface area contributed by atoms with E-state index >= 15 is 0 Å². The van der Waals surface area contributed by atoms with Crippen molar-refractivity contribution in [1.29, 1.82) is 0 Å².